The second-order valence-electron chi connectivity index (χ2n) is 6.20. The molecule has 27 heavy (non-hydrogen) atoms. The van der Waals surface area contributed by atoms with Crippen molar-refractivity contribution in [2.75, 3.05) is 17.2 Å². The van der Waals surface area contributed by atoms with Gasteiger partial charge >= 0.3 is 5.97 Å². The number of carbonyl (C=O) groups excluding carboxylic acids is 1. The second-order valence-corrected chi connectivity index (χ2v) is 7.71. The molecule has 0 unspecified atom stereocenters. The van der Waals surface area contributed by atoms with Gasteiger partial charge in [-0.2, -0.15) is 0 Å². The summed E-state index contributed by atoms with van der Waals surface area (Å²) < 4.78 is 31.7. The Morgan fingerprint density at radius 1 is 1.19 bits per heavy atom. The van der Waals surface area contributed by atoms with E-state index in [-0.39, 0.29) is 11.1 Å². The summed E-state index contributed by atoms with van der Waals surface area (Å²) in [6.45, 7) is 2.06. The highest BCUT2D eigenvalue weighted by atomic mass is 32.1. The van der Waals surface area contributed by atoms with Crippen molar-refractivity contribution < 1.29 is 18.3 Å². The van der Waals surface area contributed by atoms with Crippen LogP contribution in [-0.4, -0.2) is 17.7 Å². The summed E-state index contributed by atoms with van der Waals surface area (Å²) in [4.78, 5) is 13.7. The number of thiophene rings is 1. The molecule has 1 aliphatic carbocycles. The fourth-order valence-corrected chi connectivity index (χ4v) is 4.66. The average molecular weight is 411 g/mol. The van der Waals surface area contributed by atoms with Crippen molar-refractivity contribution in [3.8, 4) is 0 Å². The van der Waals surface area contributed by atoms with Crippen LogP contribution in [0.2, 0.25) is 0 Å². The molecule has 0 radical (unpaired) electrons. The molecule has 1 aliphatic rings. The lowest BCUT2D eigenvalue weighted by Crippen LogP contribution is -2.20. The maximum atomic E-state index is 13.4. The second kappa shape index (κ2) is 8.75. The highest BCUT2D eigenvalue weighted by molar-refractivity contribution is 7.80. The normalized spacial score (nSPS) is 13.4. The van der Waals surface area contributed by atoms with Gasteiger partial charge in [0.05, 0.1) is 12.2 Å². The minimum atomic E-state index is -0.960. The Hall–Kier alpha value is -2.06. The first-order valence-electron chi connectivity index (χ1n) is 8.84. The van der Waals surface area contributed by atoms with Crippen molar-refractivity contribution in [1.29, 1.82) is 0 Å². The third kappa shape index (κ3) is 4.62. The minimum Gasteiger partial charge on any atom is -0.462 e. The molecule has 144 valence electrons. The molecule has 0 bridgehead atoms. The summed E-state index contributed by atoms with van der Waals surface area (Å²) in [6, 6.07) is 3.44. The van der Waals surface area contributed by atoms with E-state index in [4.69, 9.17) is 17.0 Å². The SMILES string of the molecule is CCOC(=O)c1c(NC(=S)Nc2ccc(F)c(F)c2)sc2c1CCCCC2. The predicted molar refractivity (Wildman–Crippen MR) is 108 cm³/mol. The summed E-state index contributed by atoms with van der Waals surface area (Å²) in [5.74, 6) is -2.25. The molecule has 3 rings (SSSR count). The van der Waals surface area contributed by atoms with Crippen molar-refractivity contribution in [3.63, 3.8) is 0 Å². The first kappa shape index (κ1) is 19.7. The molecule has 2 aromatic rings. The monoisotopic (exact) mass is 410 g/mol. The van der Waals surface area contributed by atoms with Crippen LogP contribution in [-0.2, 0) is 17.6 Å². The number of hydrogen-bond donors (Lipinski definition) is 2. The highest BCUT2D eigenvalue weighted by Gasteiger charge is 2.26. The Labute approximate surface area is 165 Å². The first-order chi connectivity index (χ1) is 13.0. The smallest absolute Gasteiger partial charge is 0.341 e. The Balaban J connectivity index is 1.83. The summed E-state index contributed by atoms with van der Waals surface area (Å²) in [7, 11) is 0. The van der Waals surface area contributed by atoms with Crippen LogP contribution in [0.25, 0.3) is 0 Å². The van der Waals surface area contributed by atoms with E-state index in [1.54, 1.807) is 6.92 Å². The molecule has 0 atom stereocenters. The molecule has 1 aromatic heterocycles. The number of anilines is 2. The van der Waals surface area contributed by atoms with E-state index >= 15 is 0 Å². The van der Waals surface area contributed by atoms with Gasteiger partial charge in [0, 0.05) is 16.6 Å². The van der Waals surface area contributed by atoms with Crippen LogP contribution in [0, 0.1) is 11.6 Å². The lowest BCUT2D eigenvalue weighted by atomic mass is 10.1. The molecular formula is C19H20F2N2O2S2. The van der Waals surface area contributed by atoms with Gasteiger partial charge in [0.15, 0.2) is 16.7 Å². The standard InChI is InChI=1S/C19H20F2N2O2S2/c1-2-25-18(24)16-12-6-4-3-5-7-15(12)27-17(16)23-19(26)22-11-8-9-13(20)14(21)10-11/h8-10H,2-7H2,1H3,(H2,22,23,26). The lowest BCUT2D eigenvalue weighted by Gasteiger charge is -2.12. The number of thiocarbonyl (C=S) groups is 1. The molecule has 1 aromatic carbocycles. The van der Waals surface area contributed by atoms with E-state index in [0.29, 0.717) is 22.9 Å². The number of benzene rings is 1. The number of rotatable bonds is 4. The molecule has 0 amide bonds. The topological polar surface area (TPSA) is 50.4 Å². The van der Waals surface area contributed by atoms with Crippen molar-refractivity contribution in [2.45, 2.75) is 39.0 Å². The Bertz CT molecular complexity index is 868. The predicted octanol–water partition coefficient (Wildman–Crippen LogP) is 5.28. The van der Waals surface area contributed by atoms with E-state index in [1.807, 2.05) is 0 Å². The van der Waals surface area contributed by atoms with Crippen LogP contribution in [0.1, 0.15) is 47.0 Å². The maximum Gasteiger partial charge on any atom is 0.341 e. The van der Waals surface area contributed by atoms with Crippen LogP contribution in [0.3, 0.4) is 0 Å². The summed E-state index contributed by atoms with van der Waals surface area (Å²) >= 11 is 6.79. The maximum absolute atomic E-state index is 13.4. The zero-order valence-electron chi connectivity index (χ0n) is 14.9. The zero-order chi connectivity index (χ0) is 19.4. The lowest BCUT2D eigenvalue weighted by molar-refractivity contribution is 0.0527. The molecule has 0 spiro atoms. The minimum absolute atomic E-state index is 0.197. The number of halogens is 2. The number of aryl methyl sites for hydroxylation is 1. The quantitative estimate of drug-likeness (QED) is 0.408. The molecular weight excluding hydrogens is 390 g/mol. The van der Waals surface area contributed by atoms with Gasteiger partial charge < -0.3 is 15.4 Å². The Morgan fingerprint density at radius 3 is 2.70 bits per heavy atom. The van der Waals surface area contributed by atoms with Gasteiger partial charge in [-0.1, -0.05) is 6.42 Å². The molecule has 8 heteroatoms. The van der Waals surface area contributed by atoms with Gasteiger partial charge in [-0.3, -0.25) is 0 Å². The summed E-state index contributed by atoms with van der Waals surface area (Å²) in [5, 5.41) is 6.67. The van der Waals surface area contributed by atoms with E-state index in [2.05, 4.69) is 10.6 Å². The van der Waals surface area contributed by atoms with E-state index < -0.39 is 11.6 Å². The fourth-order valence-electron chi connectivity index (χ4n) is 3.09. The summed E-state index contributed by atoms with van der Waals surface area (Å²) in [6.07, 6.45) is 5.03. The first-order valence-corrected chi connectivity index (χ1v) is 10.1. The molecule has 0 saturated heterocycles. The third-order valence-corrected chi connectivity index (χ3v) is 5.72. The van der Waals surface area contributed by atoms with Gasteiger partial charge in [0.25, 0.3) is 0 Å². The molecule has 0 aliphatic heterocycles. The largest absolute Gasteiger partial charge is 0.462 e. The van der Waals surface area contributed by atoms with Crippen LogP contribution in [0.4, 0.5) is 19.5 Å². The number of fused-ring (bicyclic) bond motifs is 1. The number of ether oxygens (including phenoxy) is 1. The Kier molecular flexibility index (Phi) is 6.38. The number of carbonyl (C=O) groups is 1. The van der Waals surface area contributed by atoms with Gasteiger partial charge in [0.1, 0.15) is 5.00 Å². The van der Waals surface area contributed by atoms with Crippen LogP contribution >= 0.6 is 23.6 Å². The van der Waals surface area contributed by atoms with Crippen LogP contribution in [0.15, 0.2) is 18.2 Å². The molecule has 2 N–H and O–H groups in total. The molecule has 0 saturated carbocycles. The Morgan fingerprint density at radius 2 is 1.96 bits per heavy atom. The summed E-state index contributed by atoms with van der Waals surface area (Å²) in [5.41, 5.74) is 1.89. The van der Waals surface area contributed by atoms with Gasteiger partial charge in [0.2, 0.25) is 0 Å². The van der Waals surface area contributed by atoms with Gasteiger partial charge in [-0.15, -0.1) is 11.3 Å². The van der Waals surface area contributed by atoms with Gasteiger partial charge in [-0.05, 0) is 62.5 Å². The van der Waals surface area contributed by atoms with Crippen LogP contribution < -0.4 is 10.6 Å². The fraction of sp³-hybridized carbons (Fsp3) is 0.368. The average Bonchev–Trinajstić information content (AvgIpc) is 2.79. The number of esters is 1. The molecule has 4 nitrogen and oxygen atoms in total. The molecule has 1 heterocycles. The van der Waals surface area contributed by atoms with Gasteiger partial charge in [-0.25, -0.2) is 13.6 Å². The highest BCUT2D eigenvalue weighted by Crippen LogP contribution is 2.38. The number of hydrogen-bond acceptors (Lipinski definition) is 4. The zero-order valence-corrected chi connectivity index (χ0v) is 16.5. The van der Waals surface area contributed by atoms with E-state index in [1.165, 1.54) is 22.3 Å². The van der Waals surface area contributed by atoms with E-state index in [0.717, 1.165) is 49.8 Å². The van der Waals surface area contributed by atoms with Crippen molar-refractivity contribution in [1.82, 2.24) is 0 Å². The van der Waals surface area contributed by atoms with E-state index in [9.17, 15) is 13.6 Å². The third-order valence-electron chi connectivity index (χ3n) is 4.31. The molecule has 0 fully saturated rings. The van der Waals surface area contributed by atoms with Crippen molar-refractivity contribution in [3.05, 3.63) is 45.8 Å². The van der Waals surface area contributed by atoms with Crippen LogP contribution in [0.5, 0.6) is 0 Å². The van der Waals surface area contributed by atoms with Crippen molar-refractivity contribution in [2.24, 2.45) is 0 Å². The number of nitrogens with one attached hydrogen (secondary N) is 2. The van der Waals surface area contributed by atoms with Crippen molar-refractivity contribution >= 4 is 45.3 Å².